The van der Waals surface area contributed by atoms with E-state index in [-0.39, 0.29) is 11.5 Å². The molecule has 2 heteroatoms. The first-order valence-electron chi connectivity index (χ1n) is 11.2. The van der Waals surface area contributed by atoms with E-state index >= 15 is 0 Å². The molecule has 0 N–H and O–H groups in total. The maximum Gasteiger partial charge on any atom is 0.0793 e. The standard InChI is InChI=1S/C30H29NO/c1-21(32-4)22-13-15-23(16-14-22)30(2,3)24-17-19-25(20-18-24)31-28-11-7-5-9-26(28)27-10-6-8-12-29(27)31/h5-21H,1-4H3. The molecule has 0 saturated carbocycles. The normalized spacial score (nSPS) is 13.0. The molecule has 2 nitrogen and oxygen atoms in total. The first kappa shape index (κ1) is 20.5. The SMILES string of the molecule is COC(C)c1ccc(C(C)(C)c2ccc(-n3c4ccccc4c4ccccc43)cc2)cc1. The second-order valence-electron chi connectivity index (χ2n) is 9.04. The van der Waals surface area contributed by atoms with Crippen LogP contribution in [-0.2, 0) is 10.2 Å². The summed E-state index contributed by atoms with van der Waals surface area (Å²) in [6.45, 7) is 6.65. The van der Waals surface area contributed by atoms with Crippen LogP contribution in [0.5, 0.6) is 0 Å². The van der Waals surface area contributed by atoms with Crippen molar-refractivity contribution < 1.29 is 4.74 Å². The minimum atomic E-state index is -0.0891. The van der Waals surface area contributed by atoms with Gasteiger partial charge >= 0.3 is 0 Å². The number of methoxy groups -OCH3 is 1. The fraction of sp³-hybridized carbons (Fsp3) is 0.200. The van der Waals surface area contributed by atoms with Gasteiger partial charge in [-0.1, -0.05) is 86.6 Å². The first-order chi connectivity index (χ1) is 15.5. The lowest BCUT2D eigenvalue weighted by molar-refractivity contribution is 0.119. The Kier molecular flexibility index (Phi) is 5.11. The molecule has 5 rings (SSSR count). The van der Waals surface area contributed by atoms with Crippen LogP contribution in [0.15, 0.2) is 97.1 Å². The maximum absolute atomic E-state index is 5.45. The Morgan fingerprint density at radius 2 is 1.12 bits per heavy atom. The summed E-state index contributed by atoms with van der Waals surface area (Å²) in [6.07, 6.45) is 0.109. The predicted molar refractivity (Wildman–Crippen MR) is 135 cm³/mol. The van der Waals surface area contributed by atoms with Gasteiger partial charge in [-0.2, -0.15) is 0 Å². The molecule has 160 valence electrons. The van der Waals surface area contributed by atoms with Crippen LogP contribution in [0.1, 0.15) is 43.6 Å². The van der Waals surface area contributed by atoms with Crippen LogP contribution < -0.4 is 0 Å². The Bertz CT molecular complexity index is 1320. The van der Waals surface area contributed by atoms with Crippen molar-refractivity contribution in [2.45, 2.75) is 32.3 Å². The van der Waals surface area contributed by atoms with Crippen LogP contribution in [0.3, 0.4) is 0 Å². The van der Waals surface area contributed by atoms with Gasteiger partial charge in [0.25, 0.3) is 0 Å². The molecule has 0 aliphatic carbocycles. The molecule has 1 heterocycles. The highest BCUT2D eigenvalue weighted by Crippen LogP contribution is 2.35. The highest BCUT2D eigenvalue weighted by Gasteiger charge is 2.23. The third-order valence-electron chi connectivity index (χ3n) is 6.88. The number of para-hydroxylation sites is 2. The van der Waals surface area contributed by atoms with Gasteiger partial charge in [0.15, 0.2) is 0 Å². The third-order valence-corrected chi connectivity index (χ3v) is 6.88. The van der Waals surface area contributed by atoms with Crippen molar-refractivity contribution in [1.29, 1.82) is 0 Å². The van der Waals surface area contributed by atoms with Crippen LogP contribution in [0.2, 0.25) is 0 Å². The summed E-state index contributed by atoms with van der Waals surface area (Å²) in [5.41, 5.74) is 7.38. The predicted octanol–water partition coefficient (Wildman–Crippen LogP) is 7.82. The highest BCUT2D eigenvalue weighted by atomic mass is 16.5. The van der Waals surface area contributed by atoms with Crippen LogP contribution in [-0.4, -0.2) is 11.7 Å². The molecule has 1 atom stereocenters. The summed E-state index contributed by atoms with van der Waals surface area (Å²) in [5, 5.41) is 2.58. The second-order valence-corrected chi connectivity index (χ2v) is 9.04. The lowest BCUT2D eigenvalue weighted by Gasteiger charge is -2.27. The summed E-state index contributed by atoms with van der Waals surface area (Å²) < 4.78 is 7.82. The van der Waals surface area contributed by atoms with Gasteiger partial charge in [0, 0.05) is 29.0 Å². The fourth-order valence-corrected chi connectivity index (χ4v) is 4.70. The fourth-order valence-electron chi connectivity index (χ4n) is 4.70. The monoisotopic (exact) mass is 419 g/mol. The van der Waals surface area contributed by atoms with Crippen molar-refractivity contribution in [1.82, 2.24) is 4.57 Å². The number of aromatic nitrogens is 1. The van der Waals surface area contributed by atoms with Gasteiger partial charge in [0.05, 0.1) is 17.1 Å². The average molecular weight is 420 g/mol. The molecule has 0 saturated heterocycles. The van der Waals surface area contributed by atoms with E-state index in [1.165, 1.54) is 44.2 Å². The molecule has 0 radical (unpaired) electrons. The minimum Gasteiger partial charge on any atom is -0.377 e. The molecule has 0 fully saturated rings. The third kappa shape index (κ3) is 3.32. The quantitative estimate of drug-likeness (QED) is 0.283. The van der Waals surface area contributed by atoms with E-state index in [1.54, 1.807) is 7.11 Å². The molecule has 32 heavy (non-hydrogen) atoms. The summed E-state index contributed by atoms with van der Waals surface area (Å²) in [5.74, 6) is 0. The number of hydrogen-bond donors (Lipinski definition) is 0. The average Bonchev–Trinajstić information content (AvgIpc) is 3.18. The largest absolute Gasteiger partial charge is 0.377 e. The molecule has 4 aromatic carbocycles. The first-order valence-corrected chi connectivity index (χ1v) is 11.2. The van der Waals surface area contributed by atoms with Crippen molar-refractivity contribution in [2.75, 3.05) is 7.11 Å². The number of benzene rings is 4. The van der Waals surface area contributed by atoms with Crippen molar-refractivity contribution in [3.8, 4) is 5.69 Å². The Hall–Kier alpha value is -3.36. The van der Waals surface area contributed by atoms with E-state index in [0.29, 0.717) is 0 Å². The van der Waals surface area contributed by atoms with Crippen molar-refractivity contribution in [3.05, 3.63) is 114 Å². The Morgan fingerprint density at radius 3 is 1.62 bits per heavy atom. The van der Waals surface area contributed by atoms with E-state index in [0.717, 1.165) is 0 Å². The molecule has 5 aromatic rings. The lowest BCUT2D eigenvalue weighted by atomic mass is 9.78. The molecule has 1 aromatic heterocycles. The smallest absolute Gasteiger partial charge is 0.0793 e. The molecule has 0 aliphatic heterocycles. The molecular formula is C30H29NO. The van der Waals surface area contributed by atoms with E-state index in [2.05, 4.69) is 122 Å². The van der Waals surface area contributed by atoms with Crippen LogP contribution in [0.25, 0.3) is 27.5 Å². The number of nitrogens with zero attached hydrogens (tertiary/aromatic N) is 1. The summed E-state index contributed by atoms with van der Waals surface area (Å²) >= 11 is 0. The van der Waals surface area contributed by atoms with Crippen molar-refractivity contribution in [3.63, 3.8) is 0 Å². The van der Waals surface area contributed by atoms with E-state index < -0.39 is 0 Å². The van der Waals surface area contributed by atoms with Crippen LogP contribution in [0.4, 0.5) is 0 Å². The molecule has 0 bridgehead atoms. The van der Waals surface area contributed by atoms with Gasteiger partial charge in [-0.3, -0.25) is 0 Å². The zero-order chi connectivity index (χ0) is 22.3. The molecule has 0 spiro atoms. The lowest BCUT2D eigenvalue weighted by Crippen LogP contribution is -2.19. The summed E-state index contributed by atoms with van der Waals surface area (Å²) in [4.78, 5) is 0. The van der Waals surface area contributed by atoms with Gasteiger partial charge in [0.2, 0.25) is 0 Å². The highest BCUT2D eigenvalue weighted by molar-refractivity contribution is 6.09. The van der Waals surface area contributed by atoms with E-state index in [1.807, 2.05) is 0 Å². The Morgan fingerprint density at radius 1 is 0.656 bits per heavy atom. The number of rotatable bonds is 5. The molecule has 0 amide bonds. The molecule has 1 unspecified atom stereocenters. The van der Waals surface area contributed by atoms with Gasteiger partial charge in [-0.25, -0.2) is 0 Å². The molecule has 0 aliphatic rings. The maximum atomic E-state index is 5.45. The van der Waals surface area contributed by atoms with E-state index in [9.17, 15) is 0 Å². The Labute approximate surface area is 190 Å². The topological polar surface area (TPSA) is 14.2 Å². The Balaban J connectivity index is 1.54. The van der Waals surface area contributed by atoms with Crippen LogP contribution >= 0.6 is 0 Å². The number of ether oxygens (including phenoxy) is 1. The number of fused-ring (bicyclic) bond motifs is 3. The molecular weight excluding hydrogens is 390 g/mol. The van der Waals surface area contributed by atoms with Gasteiger partial charge in [-0.15, -0.1) is 0 Å². The van der Waals surface area contributed by atoms with Gasteiger partial charge < -0.3 is 9.30 Å². The van der Waals surface area contributed by atoms with Crippen molar-refractivity contribution in [2.24, 2.45) is 0 Å². The van der Waals surface area contributed by atoms with Crippen LogP contribution in [0, 0.1) is 0 Å². The van der Waals surface area contributed by atoms with Gasteiger partial charge in [-0.05, 0) is 47.9 Å². The van der Waals surface area contributed by atoms with Gasteiger partial charge in [0.1, 0.15) is 0 Å². The summed E-state index contributed by atoms with van der Waals surface area (Å²) in [7, 11) is 1.75. The van der Waals surface area contributed by atoms with Crippen molar-refractivity contribution >= 4 is 21.8 Å². The zero-order valence-electron chi connectivity index (χ0n) is 19.2. The number of hydrogen-bond acceptors (Lipinski definition) is 1. The minimum absolute atomic E-state index is 0.0891. The van der Waals surface area contributed by atoms with E-state index in [4.69, 9.17) is 4.74 Å². The summed E-state index contributed by atoms with van der Waals surface area (Å²) in [6, 6.07) is 35.1. The zero-order valence-corrected chi connectivity index (χ0v) is 19.2. The second kappa shape index (κ2) is 7.96.